The van der Waals surface area contributed by atoms with Crippen LogP contribution >= 0.6 is 0 Å². The predicted molar refractivity (Wildman–Crippen MR) is 79.9 cm³/mol. The Morgan fingerprint density at radius 2 is 2.00 bits per heavy atom. The van der Waals surface area contributed by atoms with Gasteiger partial charge in [-0.15, -0.1) is 0 Å². The molecule has 110 valence electrons. The maximum atomic E-state index is 11.0. The molecule has 0 aromatic heterocycles. The first kappa shape index (κ1) is 15.0. The van der Waals surface area contributed by atoms with Gasteiger partial charge in [-0.25, -0.2) is 0 Å². The van der Waals surface area contributed by atoms with Crippen LogP contribution in [0.2, 0.25) is 0 Å². The first-order valence-corrected chi connectivity index (χ1v) is 7.21. The zero-order chi connectivity index (χ0) is 14.7. The lowest BCUT2D eigenvalue weighted by molar-refractivity contribution is -0.138. The van der Waals surface area contributed by atoms with Crippen molar-refractivity contribution < 1.29 is 9.90 Å². The van der Waals surface area contributed by atoms with Crippen LogP contribution in [0.25, 0.3) is 0 Å². The number of likely N-dealkylation sites (N-methyl/N-ethyl adjacent to an activating group) is 1. The first-order chi connectivity index (χ1) is 9.47. The van der Waals surface area contributed by atoms with Crippen molar-refractivity contribution in [2.24, 2.45) is 0 Å². The number of hydrogen-bond donors (Lipinski definition) is 1. The number of benzene rings is 1. The summed E-state index contributed by atoms with van der Waals surface area (Å²) >= 11 is 0. The van der Waals surface area contributed by atoms with Crippen LogP contribution in [0.3, 0.4) is 0 Å². The molecular weight excluding hydrogens is 252 g/mol. The van der Waals surface area contributed by atoms with E-state index in [4.69, 9.17) is 5.11 Å². The van der Waals surface area contributed by atoms with Gasteiger partial charge in [0.05, 0.1) is 5.92 Å². The van der Waals surface area contributed by atoms with Crippen molar-refractivity contribution >= 4 is 5.97 Å². The predicted octanol–water partition coefficient (Wildman–Crippen LogP) is 2.01. The van der Waals surface area contributed by atoms with Crippen molar-refractivity contribution in [2.45, 2.75) is 32.4 Å². The molecule has 20 heavy (non-hydrogen) atoms. The molecular formula is C16H24N2O2. The number of hydrogen-bond acceptors (Lipinski definition) is 3. The summed E-state index contributed by atoms with van der Waals surface area (Å²) in [6.07, 6.45) is 0. The molecule has 0 spiro atoms. The molecule has 1 saturated heterocycles. The Morgan fingerprint density at radius 3 is 2.55 bits per heavy atom. The molecule has 2 rings (SSSR count). The highest BCUT2D eigenvalue weighted by molar-refractivity contribution is 5.75. The zero-order valence-corrected chi connectivity index (χ0v) is 12.5. The largest absolute Gasteiger partial charge is 0.481 e. The van der Waals surface area contributed by atoms with E-state index in [0.29, 0.717) is 6.04 Å². The van der Waals surface area contributed by atoms with E-state index in [0.717, 1.165) is 31.7 Å². The minimum absolute atomic E-state index is 0.437. The van der Waals surface area contributed by atoms with Crippen LogP contribution < -0.4 is 0 Å². The van der Waals surface area contributed by atoms with Crippen LogP contribution in [0.15, 0.2) is 24.3 Å². The Kier molecular flexibility index (Phi) is 4.78. The summed E-state index contributed by atoms with van der Waals surface area (Å²) in [5.74, 6) is -1.21. The van der Waals surface area contributed by atoms with E-state index in [2.05, 4.69) is 35.9 Å². The van der Waals surface area contributed by atoms with E-state index in [1.54, 1.807) is 6.92 Å². The van der Waals surface area contributed by atoms with E-state index in [1.807, 2.05) is 12.1 Å². The first-order valence-electron chi connectivity index (χ1n) is 7.21. The molecule has 0 radical (unpaired) electrons. The fraction of sp³-hybridized carbons (Fsp3) is 0.562. The van der Waals surface area contributed by atoms with E-state index >= 15 is 0 Å². The van der Waals surface area contributed by atoms with Gasteiger partial charge in [-0.2, -0.15) is 0 Å². The number of piperazine rings is 1. The van der Waals surface area contributed by atoms with Crippen molar-refractivity contribution in [1.82, 2.24) is 9.80 Å². The smallest absolute Gasteiger partial charge is 0.310 e. The summed E-state index contributed by atoms with van der Waals surface area (Å²) in [6.45, 7) is 8.20. The normalized spacial score (nSPS) is 22.6. The molecule has 2 atom stereocenters. The van der Waals surface area contributed by atoms with Gasteiger partial charge in [-0.05, 0) is 32.0 Å². The highest BCUT2D eigenvalue weighted by Gasteiger charge is 2.20. The number of carboxylic acid groups (broad SMARTS) is 1. The lowest BCUT2D eigenvalue weighted by Crippen LogP contribution is -2.49. The van der Waals surface area contributed by atoms with E-state index in [1.165, 1.54) is 5.56 Å². The number of rotatable bonds is 4. The van der Waals surface area contributed by atoms with Gasteiger partial charge in [0.15, 0.2) is 0 Å². The summed E-state index contributed by atoms with van der Waals surface area (Å²) in [6, 6.07) is 8.58. The molecule has 0 aliphatic carbocycles. The maximum Gasteiger partial charge on any atom is 0.310 e. The monoisotopic (exact) mass is 276 g/mol. The average molecular weight is 276 g/mol. The number of aliphatic carboxylic acids is 1. The quantitative estimate of drug-likeness (QED) is 0.913. The van der Waals surface area contributed by atoms with Crippen molar-refractivity contribution in [3.8, 4) is 0 Å². The number of carboxylic acids is 1. The lowest BCUT2D eigenvalue weighted by atomic mass is 10.00. The second kappa shape index (κ2) is 6.37. The van der Waals surface area contributed by atoms with Crippen molar-refractivity contribution in [1.29, 1.82) is 0 Å². The molecule has 1 aliphatic rings. The Balaban J connectivity index is 1.96. The fourth-order valence-electron chi connectivity index (χ4n) is 2.58. The molecule has 0 amide bonds. The van der Waals surface area contributed by atoms with E-state index in [-0.39, 0.29) is 0 Å². The Hall–Kier alpha value is -1.39. The van der Waals surface area contributed by atoms with Gasteiger partial charge in [-0.3, -0.25) is 9.69 Å². The van der Waals surface area contributed by atoms with Crippen LogP contribution in [-0.2, 0) is 11.3 Å². The van der Waals surface area contributed by atoms with Crippen LogP contribution in [0, 0.1) is 0 Å². The Bertz CT molecular complexity index is 458. The van der Waals surface area contributed by atoms with Gasteiger partial charge in [0.2, 0.25) is 0 Å². The summed E-state index contributed by atoms with van der Waals surface area (Å²) in [5.41, 5.74) is 2.12. The summed E-state index contributed by atoms with van der Waals surface area (Å²) in [4.78, 5) is 15.8. The van der Waals surface area contributed by atoms with Gasteiger partial charge < -0.3 is 10.0 Å². The molecule has 2 unspecified atom stereocenters. The summed E-state index contributed by atoms with van der Waals surface area (Å²) in [5, 5.41) is 9.01. The van der Waals surface area contributed by atoms with Crippen molar-refractivity contribution in [2.75, 3.05) is 26.7 Å². The van der Waals surface area contributed by atoms with Gasteiger partial charge in [-0.1, -0.05) is 24.3 Å². The standard InChI is InChI=1S/C16H24N2O2/c1-12-10-18(9-8-17(12)3)11-14-4-6-15(7-5-14)13(2)16(19)20/h4-7,12-13H,8-11H2,1-3H3,(H,19,20). The number of nitrogens with zero attached hydrogens (tertiary/aromatic N) is 2. The fourth-order valence-corrected chi connectivity index (χ4v) is 2.58. The minimum atomic E-state index is -0.773. The van der Waals surface area contributed by atoms with Crippen molar-refractivity contribution in [3.63, 3.8) is 0 Å². The Morgan fingerprint density at radius 1 is 1.35 bits per heavy atom. The molecule has 4 nitrogen and oxygen atoms in total. The minimum Gasteiger partial charge on any atom is -0.481 e. The molecule has 1 aromatic carbocycles. The third-order valence-electron chi connectivity index (χ3n) is 4.30. The highest BCUT2D eigenvalue weighted by atomic mass is 16.4. The molecule has 0 bridgehead atoms. The topological polar surface area (TPSA) is 43.8 Å². The third-order valence-corrected chi connectivity index (χ3v) is 4.30. The number of carbonyl (C=O) groups is 1. The van der Waals surface area contributed by atoms with Crippen LogP contribution in [-0.4, -0.2) is 53.6 Å². The second-order valence-electron chi connectivity index (χ2n) is 5.87. The van der Waals surface area contributed by atoms with E-state index in [9.17, 15) is 4.79 Å². The van der Waals surface area contributed by atoms with Crippen molar-refractivity contribution in [3.05, 3.63) is 35.4 Å². The average Bonchev–Trinajstić information content (AvgIpc) is 2.43. The van der Waals surface area contributed by atoms with Gasteiger partial charge in [0.25, 0.3) is 0 Å². The zero-order valence-electron chi connectivity index (χ0n) is 12.5. The third kappa shape index (κ3) is 3.58. The lowest BCUT2D eigenvalue weighted by Gasteiger charge is -2.37. The SMILES string of the molecule is CC(C(=O)O)c1ccc(CN2CCN(C)C(C)C2)cc1. The van der Waals surface area contributed by atoms with Gasteiger partial charge in [0.1, 0.15) is 0 Å². The highest BCUT2D eigenvalue weighted by Crippen LogP contribution is 2.17. The molecule has 1 aliphatic heterocycles. The second-order valence-corrected chi connectivity index (χ2v) is 5.87. The molecule has 1 aromatic rings. The van der Waals surface area contributed by atoms with Gasteiger partial charge >= 0.3 is 5.97 Å². The molecule has 1 N–H and O–H groups in total. The Labute approximate surface area is 121 Å². The summed E-state index contributed by atoms with van der Waals surface area (Å²) in [7, 11) is 2.17. The van der Waals surface area contributed by atoms with Crippen LogP contribution in [0.5, 0.6) is 0 Å². The molecule has 4 heteroatoms. The van der Waals surface area contributed by atoms with E-state index < -0.39 is 11.9 Å². The maximum absolute atomic E-state index is 11.0. The molecule has 1 fully saturated rings. The van der Waals surface area contributed by atoms with Crippen LogP contribution in [0.4, 0.5) is 0 Å². The van der Waals surface area contributed by atoms with Crippen LogP contribution in [0.1, 0.15) is 30.9 Å². The van der Waals surface area contributed by atoms with Gasteiger partial charge in [0, 0.05) is 32.2 Å². The molecule has 1 heterocycles. The summed E-state index contributed by atoms with van der Waals surface area (Å²) < 4.78 is 0. The molecule has 0 saturated carbocycles.